The fourth-order valence-electron chi connectivity index (χ4n) is 3.54. The molecule has 0 saturated heterocycles. The van der Waals surface area contributed by atoms with Gasteiger partial charge in [0.05, 0.1) is 0 Å². The van der Waals surface area contributed by atoms with E-state index >= 15 is 0 Å². The summed E-state index contributed by atoms with van der Waals surface area (Å²) in [5.74, 6) is -2.53. The maximum atomic E-state index is 13.2. The quantitative estimate of drug-likeness (QED) is 0.234. The number of aliphatic carboxylic acids is 1. The van der Waals surface area contributed by atoms with Crippen LogP contribution in [0, 0.1) is 0 Å². The van der Waals surface area contributed by atoms with Crippen LogP contribution in [0.4, 0.5) is 5.69 Å². The van der Waals surface area contributed by atoms with Crippen LogP contribution in [0.15, 0.2) is 78.9 Å². The van der Waals surface area contributed by atoms with Gasteiger partial charge in [-0.05, 0) is 47.5 Å². The molecule has 0 saturated carbocycles. The van der Waals surface area contributed by atoms with Gasteiger partial charge in [0.25, 0.3) is 5.91 Å². The van der Waals surface area contributed by atoms with Crippen LogP contribution in [-0.4, -0.2) is 46.0 Å². The summed E-state index contributed by atoms with van der Waals surface area (Å²) in [7, 11) is 0. The second kappa shape index (κ2) is 14.2. The van der Waals surface area contributed by atoms with E-state index in [2.05, 4.69) is 16.0 Å². The van der Waals surface area contributed by atoms with E-state index in [4.69, 9.17) is 0 Å². The number of carbonyl (C=O) groups excluding carboxylic acids is 3. The van der Waals surface area contributed by atoms with Gasteiger partial charge in [-0.15, -0.1) is 0 Å². The molecule has 2 atom stereocenters. The minimum absolute atomic E-state index is 0. The van der Waals surface area contributed by atoms with E-state index in [1.54, 1.807) is 66.7 Å². The molecule has 0 spiro atoms. The Morgan fingerprint density at radius 2 is 1.32 bits per heavy atom. The number of nitrogens with one attached hydrogen (secondary N) is 3. The molecule has 0 bridgehead atoms. The summed E-state index contributed by atoms with van der Waals surface area (Å²) in [6.45, 7) is 1.38. The third kappa shape index (κ3) is 9.38. The van der Waals surface area contributed by atoms with Gasteiger partial charge in [0.2, 0.25) is 11.8 Å². The van der Waals surface area contributed by atoms with Gasteiger partial charge in [-0.25, -0.2) is 4.79 Å². The number of benzene rings is 3. The van der Waals surface area contributed by atoms with Crippen molar-refractivity contribution in [1.82, 2.24) is 10.6 Å². The second-order valence-electron chi connectivity index (χ2n) is 8.24. The minimum atomic E-state index is -1.25. The molecule has 3 aromatic carbocycles. The Kier molecular flexibility index (Phi) is 11.3. The van der Waals surface area contributed by atoms with Crippen LogP contribution in [0.2, 0.25) is 0 Å². The maximum Gasteiger partial charge on any atom is 1.00 e. The van der Waals surface area contributed by atoms with Gasteiger partial charge >= 0.3 is 35.5 Å². The molecule has 0 radical (unpaired) electrons. The minimum Gasteiger partial charge on any atom is -1.00 e. The van der Waals surface area contributed by atoms with Crippen molar-refractivity contribution in [1.29, 1.82) is 0 Å². The van der Waals surface area contributed by atoms with Gasteiger partial charge in [-0.2, -0.15) is 0 Å². The topological polar surface area (TPSA) is 145 Å². The zero-order valence-corrected chi connectivity index (χ0v) is 22.6. The molecule has 3 aromatic rings. The number of rotatable bonds is 10. The Morgan fingerprint density at radius 1 is 0.784 bits per heavy atom. The summed E-state index contributed by atoms with van der Waals surface area (Å²) in [5, 5.41) is 27.1. The Hall–Kier alpha value is -3.66. The van der Waals surface area contributed by atoms with Gasteiger partial charge in [-0.1, -0.05) is 42.5 Å². The summed E-state index contributed by atoms with van der Waals surface area (Å²) < 4.78 is 0. The zero-order valence-electron chi connectivity index (χ0n) is 21.6. The van der Waals surface area contributed by atoms with Crippen molar-refractivity contribution in [3.05, 3.63) is 95.6 Å². The van der Waals surface area contributed by atoms with E-state index in [1.807, 2.05) is 0 Å². The SMILES string of the molecule is CC(=O)Nc1ccc(C[C@H](NC(=O)[C@H](Cc2ccc(O)cc2)NC(=O)c2ccccc2)C(=O)O)cc1.[H-].[Na+]. The predicted molar refractivity (Wildman–Crippen MR) is 135 cm³/mol. The summed E-state index contributed by atoms with van der Waals surface area (Å²) in [5.41, 5.74) is 2.23. The van der Waals surface area contributed by atoms with Gasteiger partial charge in [-0.3, -0.25) is 14.4 Å². The molecule has 10 heteroatoms. The molecule has 0 unspecified atom stereocenters. The summed E-state index contributed by atoms with van der Waals surface area (Å²) in [6.07, 6.45) is 0.0857. The summed E-state index contributed by atoms with van der Waals surface area (Å²) in [4.78, 5) is 49.0. The molecule has 0 fully saturated rings. The number of aromatic hydroxyl groups is 1. The first kappa shape index (κ1) is 29.6. The molecule has 188 valence electrons. The number of hydrogen-bond donors (Lipinski definition) is 5. The summed E-state index contributed by atoms with van der Waals surface area (Å²) >= 11 is 0. The van der Waals surface area contributed by atoms with E-state index in [0.29, 0.717) is 22.4 Å². The van der Waals surface area contributed by atoms with Crippen LogP contribution in [0.5, 0.6) is 5.75 Å². The Morgan fingerprint density at radius 3 is 1.86 bits per heavy atom. The number of hydrogen-bond acceptors (Lipinski definition) is 5. The monoisotopic (exact) mass is 513 g/mol. The number of carboxylic acid groups (broad SMARTS) is 1. The zero-order chi connectivity index (χ0) is 26.1. The third-order valence-corrected chi connectivity index (χ3v) is 5.36. The molecule has 37 heavy (non-hydrogen) atoms. The number of amides is 3. The van der Waals surface area contributed by atoms with Crippen molar-refractivity contribution in [3.8, 4) is 5.75 Å². The molecule has 3 amide bonds. The van der Waals surface area contributed by atoms with Crippen LogP contribution in [0.25, 0.3) is 0 Å². The molecule has 0 heterocycles. The van der Waals surface area contributed by atoms with Crippen molar-refractivity contribution < 1.29 is 60.4 Å². The van der Waals surface area contributed by atoms with Crippen molar-refractivity contribution >= 4 is 29.4 Å². The number of anilines is 1. The molecule has 0 aliphatic heterocycles. The van der Waals surface area contributed by atoms with E-state index in [1.165, 1.54) is 19.1 Å². The average molecular weight is 514 g/mol. The Bertz CT molecular complexity index is 1220. The molecule has 0 aliphatic rings. The first-order valence-corrected chi connectivity index (χ1v) is 11.2. The van der Waals surface area contributed by atoms with Gasteiger partial charge in [0.1, 0.15) is 17.8 Å². The Balaban J connectivity index is 0.00000361. The van der Waals surface area contributed by atoms with E-state index in [-0.39, 0.29) is 55.5 Å². The largest absolute Gasteiger partial charge is 1.00 e. The van der Waals surface area contributed by atoms with Gasteiger partial charge in [0.15, 0.2) is 0 Å². The first-order valence-electron chi connectivity index (χ1n) is 11.2. The van der Waals surface area contributed by atoms with E-state index < -0.39 is 29.9 Å². The van der Waals surface area contributed by atoms with Crippen molar-refractivity contribution in [3.63, 3.8) is 0 Å². The Labute approximate surface area is 238 Å². The van der Waals surface area contributed by atoms with Crippen LogP contribution >= 0.6 is 0 Å². The predicted octanol–water partition coefficient (Wildman–Crippen LogP) is -0.380. The fraction of sp³-hybridized carbons (Fsp3) is 0.185. The number of phenolic OH excluding ortho intramolecular Hbond substituents is 1. The first-order chi connectivity index (χ1) is 17.2. The molecular formula is C27H28N3NaO6. The summed E-state index contributed by atoms with van der Waals surface area (Å²) in [6, 6.07) is 18.8. The normalized spacial score (nSPS) is 11.8. The molecule has 9 nitrogen and oxygen atoms in total. The molecule has 5 N–H and O–H groups in total. The fourth-order valence-corrected chi connectivity index (χ4v) is 3.54. The second-order valence-corrected chi connectivity index (χ2v) is 8.24. The molecular weight excluding hydrogens is 485 g/mol. The van der Waals surface area contributed by atoms with Crippen LogP contribution in [0.3, 0.4) is 0 Å². The molecule has 0 aromatic heterocycles. The number of carbonyl (C=O) groups is 4. The van der Waals surface area contributed by atoms with E-state index in [0.717, 1.165) is 0 Å². The van der Waals surface area contributed by atoms with Gasteiger partial charge in [0, 0.05) is 31.0 Å². The number of carboxylic acids is 1. The molecule has 0 aliphatic carbocycles. The van der Waals surface area contributed by atoms with Crippen molar-refractivity contribution in [2.75, 3.05) is 5.32 Å². The smallest absolute Gasteiger partial charge is 1.00 e. The van der Waals surface area contributed by atoms with E-state index in [9.17, 15) is 29.4 Å². The molecule has 3 rings (SSSR count). The average Bonchev–Trinajstić information content (AvgIpc) is 2.85. The number of phenols is 1. The van der Waals surface area contributed by atoms with Crippen LogP contribution in [0.1, 0.15) is 29.8 Å². The van der Waals surface area contributed by atoms with Gasteiger partial charge < -0.3 is 27.6 Å². The third-order valence-electron chi connectivity index (χ3n) is 5.36. The maximum absolute atomic E-state index is 13.2. The van der Waals surface area contributed by atoms with Crippen LogP contribution < -0.4 is 45.5 Å². The van der Waals surface area contributed by atoms with Crippen molar-refractivity contribution in [2.45, 2.75) is 31.8 Å². The van der Waals surface area contributed by atoms with Crippen molar-refractivity contribution in [2.24, 2.45) is 0 Å². The van der Waals surface area contributed by atoms with Crippen LogP contribution in [-0.2, 0) is 27.2 Å². The standard InChI is InChI=1S/C27H27N3O6.Na.H/c1-17(31)28-21-11-7-18(8-12-21)16-24(27(35)36)30-26(34)23(15-19-9-13-22(32)14-10-19)29-25(33)20-5-3-2-4-6-20;;/h2-14,23-24,32H,15-16H2,1H3,(H,28,31)(H,29,33)(H,30,34)(H,35,36);;/q;+1;-1/t23-,24-;;/m0../s1.